The number of H-pyrrole nitrogens is 1. The molecule has 1 aromatic heterocycles. The van der Waals surface area contributed by atoms with Gasteiger partial charge in [-0.25, -0.2) is 19.0 Å². The number of nitrogens with zero attached hydrogens (tertiary/aromatic N) is 1. The van der Waals surface area contributed by atoms with E-state index >= 15 is 0 Å². The monoisotopic (exact) mass is 262 g/mol. The van der Waals surface area contributed by atoms with Crippen LogP contribution in [0.4, 0.5) is 4.39 Å². The Bertz CT molecular complexity index is 647. The number of aromatic nitrogens is 2. The molecule has 2 aromatic rings. The summed E-state index contributed by atoms with van der Waals surface area (Å²) < 4.78 is 18.5. The third-order valence-electron chi connectivity index (χ3n) is 2.47. The molecule has 0 saturated carbocycles. The van der Waals surface area contributed by atoms with Crippen molar-refractivity contribution in [3.05, 3.63) is 52.5 Å². The van der Waals surface area contributed by atoms with Gasteiger partial charge in [-0.3, -0.25) is 0 Å². The predicted molar refractivity (Wildman–Crippen MR) is 66.2 cm³/mol. The van der Waals surface area contributed by atoms with Gasteiger partial charge >= 0.3 is 11.7 Å². The van der Waals surface area contributed by atoms with Crippen LogP contribution in [0.1, 0.15) is 17.3 Å². The van der Waals surface area contributed by atoms with Crippen LogP contribution in [0.25, 0.3) is 11.1 Å². The summed E-state index contributed by atoms with van der Waals surface area (Å²) in [6.45, 7) is 1.83. The zero-order valence-corrected chi connectivity index (χ0v) is 10.1. The van der Waals surface area contributed by atoms with E-state index in [0.29, 0.717) is 11.1 Å². The second kappa shape index (κ2) is 5.43. The van der Waals surface area contributed by atoms with Gasteiger partial charge in [0.1, 0.15) is 5.82 Å². The Hall–Kier alpha value is -2.50. The van der Waals surface area contributed by atoms with Crippen LogP contribution < -0.4 is 5.69 Å². The first-order valence-corrected chi connectivity index (χ1v) is 5.63. The van der Waals surface area contributed by atoms with Gasteiger partial charge in [0.05, 0.1) is 12.2 Å². The molecule has 0 fully saturated rings. The van der Waals surface area contributed by atoms with Crippen molar-refractivity contribution in [2.45, 2.75) is 6.92 Å². The van der Waals surface area contributed by atoms with Gasteiger partial charge in [0, 0.05) is 18.0 Å². The lowest BCUT2D eigenvalue weighted by molar-refractivity contribution is 0.0521. The highest BCUT2D eigenvalue weighted by Crippen LogP contribution is 2.20. The summed E-state index contributed by atoms with van der Waals surface area (Å²) in [5.74, 6) is -1.38. The third-order valence-corrected chi connectivity index (χ3v) is 2.47. The Morgan fingerprint density at radius 1 is 1.42 bits per heavy atom. The molecule has 1 aromatic carbocycles. The highest BCUT2D eigenvalue weighted by molar-refractivity contribution is 5.90. The van der Waals surface area contributed by atoms with E-state index in [9.17, 15) is 14.0 Å². The maximum Gasteiger partial charge on any atom is 0.344 e. The second-order valence-electron chi connectivity index (χ2n) is 3.72. The van der Waals surface area contributed by atoms with Crippen molar-refractivity contribution in [1.29, 1.82) is 0 Å². The average Bonchev–Trinajstić information content (AvgIpc) is 2.39. The number of hydrogen-bond donors (Lipinski definition) is 1. The number of carbonyl (C=O) groups is 1. The molecule has 0 saturated heterocycles. The third kappa shape index (κ3) is 2.85. The van der Waals surface area contributed by atoms with Crippen molar-refractivity contribution in [3.63, 3.8) is 0 Å². The molecule has 19 heavy (non-hydrogen) atoms. The molecular formula is C13H11FN2O3. The molecule has 1 heterocycles. The van der Waals surface area contributed by atoms with Crippen molar-refractivity contribution < 1.29 is 13.9 Å². The summed E-state index contributed by atoms with van der Waals surface area (Å²) in [6, 6.07) is 4.10. The summed E-state index contributed by atoms with van der Waals surface area (Å²) in [7, 11) is 0. The van der Waals surface area contributed by atoms with Crippen LogP contribution >= 0.6 is 0 Å². The van der Waals surface area contributed by atoms with Gasteiger partial charge in [0.15, 0.2) is 0 Å². The summed E-state index contributed by atoms with van der Waals surface area (Å²) in [6.07, 6.45) is 2.76. The molecule has 2 rings (SSSR count). The molecule has 0 unspecified atom stereocenters. The SMILES string of the molecule is CCOC(=O)c1ccc(-c2cnc(=O)[nH]c2)cc1F. The Morgan fingerprint density at radius 3 is 2.79 bits per heavy atom. The van der Waals surface area contributed by atoms with E-state index in [2.05, 4.69) is 9.97 Å². The average molecular weight is 262 g/mol. The van der Waals surface area contributed by atoms with Crippen molar-refractivity contribution in [3.8, 4) is 11.1 Å². The molecule has 5 nitrogen and oxygen atoms in total. The van der Waals surface area contributed by atoms with Gasteiger partial charge < -0.3 is 9.72 Å². The van der Waals surface area contributed by atoms with Gasteiger partial charge in [0.25, 0.3) is 0 Å². The number of aromatic amines is 1. The number of benzene rings is 1. The molecule has 0 spiro atoms. The van der Waals surface area contributed by atoms with Crippen LogP contribution in [0.5, 0.6) is 0 Å². The Balaban J connectivity index is 2.36. The molecule has 98 valence electrons. The molecule has 0 atom stereocenters. The maximum absolute atomic E-state index is 13.8. The highest BCUT2D eigenvalue weighted by Gasteiger charge is 2.13. The number of carbonyl (C=O) groups excluding carboxylic acids is 1. The fourth-order valence-corrected chi connectivity index (χ4v) is 1.57. The molecule has 0 bridgehead atoms. The fourth-order valence-electron chi connectivity index (χ4n) is 1.57. The van der Waals surface area contributed by atoms with Crippen molar-refractivity contribution >= 4 is 5.97 Å². The van der Waals surface area contributed by atoms with E-state index in [1.807, 2.05) is 0 Å². The first-order valence-electron chi connectivity index (χ1n) is 5.63. The standard InChI is InChI=1S/C13H11FN2O3/c1-2-19-12(17)10-4-3-8(5-11(10)14)9-6-15-13(18)16-7-9/h3-7H,2H2,1H3,(H,15,16,18). The number of nitrogens with one attached hydrogen (secondary N) is 1. The number of esters is 1. The zero-order chi connectivity index (χ0) is 13.8. The molecule has 0 radical (unpaired) electrons. The Morgan fingerprint density at radius 2 is 2.21 bits per heavy atom. The number of halogens is 1. The summed E-state index contributed by atoms with van der Waals surface area (Å²) >= 11 is 0. The lowest BCUT2D eigenvalue weighted by atomic mass is 10.1. The van der Waals surface area contributed by atoms with E-state index in [1.165, 1.54) is 24.5 Å². The number of ether oxygens (including phenoxy) is 1. The number of hydrogen-bond acceptors (Lipinski definition) is 4. The van der Waals surface area contributed by atoms with Gasteiger partial charge in [-0.2, -0.15) is 0 Å². The van der Waals surface area contributed by atoms with Crippen LogP contribution in [0.15, 0.2) is 35.4 Å². The summed E-state index contributed by atoms with van der Waals surface area (Å²) in [5.41, 5.74) is 0.457. The molecule has 0 aliphatic rings. The normalized spacial score (nSPS) is 10.2. The molecule has 0 amide bonds. The molecule has 0 aliphatic carbocycles. The van der Waals surface area contributed by atoms with E-state index in [0.717, 1.165) is 0 Å². The minimum absolute atomic E-state index is 0.122. The lowest BCUT2D eigenvalue weighted by Gasteiger charge is -2.05. The minimum atomic E-state index is -0.703. The smallest absolute Gasteiger partial charge is 0.344 e. The molecule has 0 aliphatic heterocycles. The lowest BCUT2D eigenvalue weighted by Crippen LogP contribution is -2.09. The largest absolute Gasteiger partial charge is 0.462 e. The van der Waals surface area contributed by atoms with Crippen LogP contribution in [0.3, 0.4) is 0 Å². The van der Waals surface area contributed by atoms with Crippen LogP contribution in [-0.2, 0) is 4.74 Å². The van der Waals surface area contributed by atoms with E-state index in [-0.39, 0.29) is 12.2 Å². The van der Waals surface area contributed by atoms with Crippen molar-refractivity contribution in [1.82, 2.24) is 9.97 Å². The van der Waals surface area contributed by atoms with Crippen molar-refractivity contribution in [2.24, 2.45) is 0 Å². The minimum Gasteiger partial charge on any atom is -0.462 e. The van der Waals surface area contributed by atoms with Gasteiger partial charge in [-0.15, -0.1) is 0 Å². The first-order chi connectivity index (χ1) is 9.11. The Kier molecular flexibility index (Phi) is 3.70. The second-order valence-corrected chi connectivity index (χ2v) is 3.72. The quantitative estimate of drug-likeness (QED) is 0.855. The van der Waals surface area contributed by atoms with E-state index in [1.54, 1.807) is 13.0 Å². The van der Waals surface area contributed by atoms with Crippen molar-refractivity contribution in [2.75, 3.05) is 6.61 Å². The van der Waals surface area contributed by atoms with Crippen LogP contribution in [0, 0.1) is 5.82 Å². The van der Waals surface area contributed by atoms with E-state index in [4.69, 9.17) is 4.74 Å². The predicted octanol–water partition coefficient (Wildman–Crippen LogP) is 1.75. The summed E-state index contributed by atoms with van der Waals surface area (Å²) in [5, 5.41) is 0. The maximum atomic E-state index is 13.8. The fraction of sp³-hybridized carbons (Fsp3) is 0.154. The zero-order valence-electron chi connectivity index (χ0n) is 10.1. The van der Waals surface area contributed by atoms with Crippen LogP contribution in [0.2, 0.25) is 0 Å². The van der Waals surface area contributed by atoms with E-state index < -0.39 is 17.5 Å². The Labute approximate surface area is 108 Å². The van der Waals surface area contributed by atoms with Gasteiger partial charge in [-0.05, 0) is 24.6 Å². The molecule has 6 heteroatoms. The van der Waals surface area contributed by atoms with Crippen LogP contribution in [-0.4, -0.2) is 22.5 Å². The number of rotatable bonds is 3. The molecule has 1 N–H and O–H groups in total. The van der Waals surface area contributed by atoms with Gasteiger partial charge in [0.2, 0.25) is 0 Å². The highest BCUT2D eigenvalue weighted by atomic mass is 19.1. The summed E-state index contributed by atoms with van der Waals surface area (Å²) in [4.78, 5) is 28.2. The topological polar surface area (TPSA) is 72.0 Å². The molecular weight excluding hydrogens is 251 g/mol. The first kappa shape index (κ1) is 12.9. The van der Waals surface area contributed by atoms with Gasteiger partial charge in [-0.1, -0.05) is 6.07 Å².